The molecule has 7 nitrogen and oxygen atoms in total. The minimum absolute atomic E-state index is 0.116. The van der Waals surface area contributed by atoms with Crippen molar-refractivity contribution >= 4 is 17.7 Å². The molecule has 128 valence electrons. The van der Waals surface area contributed by atoms with Crippen molar-refractivity contribution in [3.8, 4) is 0 Å². The third kappa shape index (κ3) is 4.32. The van der Waals surface area contributed by atoms with Gasteiger partial charge in [-0.25, -0.2) is 0 Å². The molecule has 2 aliphatic rings. The lowest BCUT2D eigenvalue weighted by molar-refractivity contribution is -0.142. The highest BCUT2D eigenvalue weighted by molar-refractivity contribution is 6.35. The number of carbonyl (C=O) groups excluding carboxylic acids is 3. The summed E-state index contributed by atoms with van der Waals surface area (Å²) in [5, 5.41) is 4.97. The zero-order chi connectivity index (χ0) is 16.9. The fraction of sp³-hybridized carbons (Fsp3) is 0.471. The lowest BCUT2D eigenvalue weighted by Gasteiger charge is -2.33. The molecule has 3 rings (SSSR count). The number of hydrogen-bond donors (Lipinski definition) is 2. The van der Waals surface area contributed by atoms with E-state index in [2.05, 4.69) is 10.6 Å². The highest BCUT2D eigenvalue weighted by atomic mass is 16.5. The van der Waals surface area contributed by atoms with E-state index in [0.717, 1.165) is 18.4 Å². The Morgan fingerprint density at radius 1 is 1.12 bits per heavy atom. The summed E-state index contributed by atoms with van der Waals surface area (Å²) in [5.41, 5.74) is 1.02. The van der Waals surface area contributed by atoms with E-state index in [1.54, 1.807) is 4.90 Å². The average Bonchev–Trinajstić information content (AvgIpc) is 3.44. The molecule has 0 radical (unpaired) electrons. The van der Waals surface area contributed by atoms with Gasteiger partial charge in [0.15, 0.2) is 0 Å². The van der Waals surface area contributed by atoms with Crippen LogP contribution in [0.25, 0.3) is 0 Å². The number of carbonyl (C=O) groups is 3. The number of rotatable bonds is 4. The van der Waals surface area contributed by atoms with Crippen molar-refractivity contribution < 1.29 is 19.1 Å². The topological polar surface area (TPSA) is 87.7 Å². The molecule has 1 aliphatic carbocycles. The fourth-order valence-corrected chi connectivity index (χ4v) is 2.57. The molecule has 1 aromatic rings. The van der Waals surface area contributed by atoms with Crippen LogP contribution in [0.4, 0.5) is 0 Å². The summed E-state index contributed by atoms with van der Waals surface area (Å²) in [7, 11) is 0. The van der Waals surface area contributed by atoms with Crippen LogP contribution in [0.3, 0.4) is 0 Å². The molecule has 7 heteroatoms. The highest BCUT2D eigenvalue weighted by Crippen LogP contribution is 2.21. The van der Waals surface area contributed by atoms with Crippen molar-refractivity contribution in [1.29, 1.82) is 0 Å². The Kier molecular flexibility index (Phi) is 5.10. The predicted molar refractivity (Wildman–Crippen MR) is 85.9 cm³/mol. The number of benzene rings is 1. The van der Waals surface area contributed by atoms with Crippen molar-refractivity contribution in [1.82, 2.24) is 15.5 Å². The molecular formula is C17H21N3O4. The normalized spacial score (nSPS) is 20.3. The van der Waals surface area contributed by atoms with Crippen molar-refractivity contribution in [2.24, 2.45) is 0 Å². The zero-order valence-corrected chi connectivity index (χ0v) is 13.4. The van der Waals surface area contributed by atoms with Gasteiger partial charge in [-0.3, -0.25) is 14.4 Å². The van der Waals surface area contributed by atoms with Crippen LogP contribution in [0.2, 0.25) is 0 Å². The van der Waals surface area contributed by atoms with Crippen LogP contribution < -0.4 is 10.6 Å². The molecule has 1 aromatic carbocycles. The van der Waals surface area contributed by atoms with E-state index in [4.69, 9.17) is 4.74 Å². The van der Waals surface area contributed by atoms with E-state index < -0.39 is 11.8 Å². The highest BCUT2D eigenvalue weighted by Gasteiger charge is 2.28. The second-order valence-electron chi connectivity index (χ2n) is 6.04. The molecular weight excluding hydrogens is 310 g/mol. The van der Waals surface area contributed by atoms with Gasteiger partial charge in [-0.05, 0) is 18.4 Å². The first-order chi connectivity index (χ1) is 11.6. The molecule has 1 heterocycles. The maximum atomic E-state index is 12.3. The molecule has 1 saturated heterocycles. The Bertz CT molecular complexity index is 616. The minimum Gasteiger partial charge on any atom is -0.370 e. The molecule has 24 heavy (non-hydrogen) atoms. The van der Waals surface area contributed by atoms with Gasteiger partial charge in [0.25, 0.3) is 0 Å². The van der Waals surface area contributed by atoms with E-state index >= 15 is 0 Å². The van der Waals surface area contributed by atoms with E-state index in [1.165, 1.54) is 0 Å². The zero-order valence-electron chi connectivity index (χ0n) is 13.4. The predicted octanol–water partition coefficient (Wildman–Crippen LogP) is -0.0187. The van der Waals surface area contributed by atoms with E-state index in [0.29, 0.717) is 19.7 Å². The van der Waals surface area contributed by atoms with Gasteiger partial charge >= 0.3 is 11.8 Å². The van der Waals surface area contributed by atoms with Crippen LogP contribution in [0.5, 0.6) is 0 Å². The largest absolute Gasteiger partial charge is 0.370 e. The standard InChI is InChI=1S/C17H21N3O4/c21-15(10-18-16(22)17(23)19-13-6-7-13)20-8-9-24-14(11-20)12-4-2-1-3-5-12/h1-5,13-14H,6-11H2,(H,18,22)(H,19,23). The quantitative estimate of drug-likeness (QED) is 0.759. The van der Waals surface area contributed by atoms with Crippen LogP contribution in [-0.2, 0) is 19.1 Å². The Morgan fingerprint density at radius 2 is 1.88 bits per heavy atom. The van der Waals surface area contributed by atoms with Crippen molar-refractivity contribution in [2.75, 3.05) is 26.2 Å². The monoisotopic (exact) mass is 331 g/mol. The van der Waals surface area contributed by atoms with Gasteiger partial charge in [-0.1, -0.05) is 30.3 Å². The molecule has 3 amide bonds. The Labute approximate surface area is 140 Å². The molecule has 1 unspecified atom stereocenters. The summed E-state index contributed by atoms with van der Waals surface area (Å²) in [4.78, 5) is 37.1. The maximum Gasteiger partial charge on any atom is 0.309 e. The molecule has 1 saturated carbocycles. The third-order valence-electron chi connectivity index (χ3n) is 4.11. The number of hydrogen-bond acceptors (Lipinski definition) is 4. The van der Waals surface area contributed by atoms with Crippen LogP contribution in [0.15, 0.2) is 30.3 Å². The summed E-state index contributed by atoms with van der Waals surface area (Å²) in [6.45, 7) is 1.18. The van der Waals surface area contributed by atoms with Crippen LogP contribution >= 0.6 is 0 Å². The molecule has 0 bridgehead atoms. The number of nitrogens with one attached hydrogen (secondary N) is 2. The first kappa shape index (κ1) is 16.4. The van der Waals surface area contributed by atoms with Gasteiger partial charge < -0.3 is 20.3 Å². The van der Waals surface area contributed by atoms with Crippen LogP contribution in [-0.4, -0.2) is 54.9 Å². The smallest absolute Gasteiger partial charge is 0.309 e. The Morgan fingerprint density at radius 3 is 2.58 bits per heavy atom. The van der Waals surface area contributed by atoms with Gasteiger partial charge in [0.05, 0.1) is 19.7 Å². The number of ether oxygens (including phenoxy) is 1. The van der Waals surface area contributed by atoms with Gasteiger partial charge in [-0.15, -0.1) is 0 Å². The summed E-state index contributed by atoms with van der Waals surface area (Å²) in [5.74, 6) is -1.65. The summed E-state index contributed by atoms with van der Waals surface area (Å²) >= 11 is 0. The first-order valence-corrected chi connectivity index (χ1v) is 8.16. The van der Waals surface area contributed by atoms with Crippen LogP contribution in [0, 0.1) is 0 Å². The van der Waals surface area contributed by atoms with Crippen molar-refractivity contribution in [3.63, 3.8) is 0 Å². The molecule has 2 fully saturated rings. The summed E-state index contributed by atoms with van der Waals surface area (Å²) < 4.78 is 5.71. The molecule has 0 spiro atoms. The molecule has 0 aromatic heterocycles. The summed E-state index contributed by atoms with van der Waals surface area (Å²) in [6, 6.07) is 9.82. The second-order valence-corrected chi connectivity index (χ2v) is 6.04. The summed E-state index contributed by atoms with van der Waals surface area (Å²) in [6.07, 6.45) is 1.65. The van der Waals surface area contributed by atoms with E-state index in [-0.39, 0.29) is 24.6 Å². The van der Waals surface area contributed by atoms with Gasteiger partial charge in [0.2, 0.25) is 5.91 Å². The fourth-order valence-electron chi connectivity index (χ4n) is 2.57. The van der Waals surface area contributed by atoms with Crippen molar-refractivity contribution in [2.45, 2.75) is 25.0 Å². The number of morpholine rings is 1. The first-order valence-electron chi connectivity index (χ1n) is 8.16. The van der Waals surface area contributed by atoms with Crippen molar-refractivity contribution in [3.05, 3.63) is 35.9 Å². The van der Waals surface area contributed by atoms with Gasteiger partial charge in [0, 0.05) is 12.6 Å². The second kappa shape index (κ2) is 7.44. The van der Waals surface area contributed by atoms with Gasteiger partial charge in [-0.2, -0.15) is 0 Å². The van der Waals surface area contributed by atoms with E-state index in [1.807, 2.05) is 30.3 Å². The van der Waals surface area contributed by atoms with Gasteiger partial charge in [0.1, 0.15) is 6.10 Å². The lowest BCUT2D eigenvalue weighted by Crippen LogP contribution is -2.49. The molecule has 1 aliphatic heterocycles. The lowest BCUT2D eigenvalue weighted by atomic mass is 10.1. The maximum absolute atomic E-state index is 12.3. The Hall–Kier alpha value is -2.41. The van der Waals surface area contributed by atoms with Crippen LogP contribution in [0.1, 0.15) is 24.5 Å². The third-order valence-corrected chi connectivity index (χ3v) is 4.11. The Balaban J connectivity index is 1.47. The van der Waals surface area contributed by atoms with E-state index in [9.17, 15) is 14.4 Å². The number of amides is 3. The SMILES string of the molecule is O=C(NCC(=O)N1CCOC(c2ccccc2)C1)C(=O)NC1CC1. The molecule has 1 atom stereocenters. The molecule has 2 N–H and O–H groups in total. The minimum atomic E-state index is -0.761. The number of nitrogens with zero attached hydrogens (tertiary/aromatic N) is 1. The average molecular weight is 331 g/mol.